The van der Waals surface area contributed by atoms with Gasteiger partial charge in [0.25, 0.3) is 0 Å². The van der Waals surface area contributed by atoms with Crippen molar-refractivity contribution in [1.82, 2.24) is 9.78 Å². The molecule has 2 rings (SSSR count). The second-order valence-corrected chi connectivity index (χ2v) is 2.98. The summed E-state index contributed by atoms with van der Waals surface area (Å²) in [6.07, 6.45) is 0. The smallest absolute Gasteiger partial charge is 0.0808 e. The van der Waals surface area contributed by atoms with E-state index in [2.05, 4.69) is 21.0 Å². The first-order chi connectivity index (χ1) is 6.50. The highest BCUT2D eigenvalue weighted by Gasteiger charge is 2.04. The Hall–Kier alpha value is -0.830. The summed E-state index contributed by atoms with van der Waals surface area (Å²) in [6.45, 7) is 0. The van der Waals surface area contributed by atoms with Gasteiger partial charge in [0.1, 0.15) is 0 Å². The van der Waals surface area contributed by atoms with Gasteiger partial charge in [0.05, 0.1) is 11.2 Å². The van der Waals surface area contributed by atoms with Crippen LogP contribution in [-0.2, 0) is 12.3 Å². The zero-order chi connectivity index (χ0) is 10.3. The Morgan fingerprint density at radius 3 is 3.08 bits per heavy atom. The van der Waals surface area contributed by atoms with Crippen LogP contribution in [0.5, 0.6) is 0 Å². The molecule has 0 atom stereocenters. The van der Waals surface area contributed by atoms with Crippen molar-refractivity contribution in [2.45, 2.75) is 5.28 Å². The van der Waals surface area contributed by atoms with E-state index in [-0.39, 0.29) is 0 Å². The molecule has 0 N–H and O–H groups in total. The highest BCUT2D eigenvalue weighted by molar-refractivity contribution is 9.08. The minimum Gasteiger partial charge on any atom is -0.268 e. The topological polar surface area (TPSA) is 17.8 Å². The maximum Gasteiger partial charge on any atom is 0.0808 e. The second-order valence-electron chi connectivity index (χ2n) is 2.58. The number of hydrogen-bond acceptors (Lipinski definition) is 1. The average molecular weight is 227 g/mol. The first-order valence-corrected chi connectivity index (χ1v) is 4.40. The Morgan fingerprint density at radius 1 is 1.58 bits per heavy atom. The van der Waals surface area contributed by atoms with Gasteiger partial charge in [-0.15, -0.1) is 0 Å². The monoisotopic (exact) mass is 226 g/mol. The number of halogens is 1. The fourth-order valence-corrected chi connectivity index (χ4v) is 1.58. The van der Waals surface area contributed by atoms with E-state index >= 15 is 0 Å². The van der Waals surface area contributed by atoms with Gasteiger partial charge in [-0.3, -0.25) is 4.68 Å². The third-order valence-corrected chi connectivity index (χ3v) is 2.22. The molecule has 12 heavy (non-hydrogen) atoms. The van der Waals surface area contributed by atoms with Crippen molar-refractivity contribution in [1.29, 1.82) is 0 Å². The molecule has 0 saturated heterocycles. The van der Waals surface area contributed by atoms with Gasteiger partial charge in [-0.2, -0.15) is 5.10 Å². The Bertz CT molecular complexity index is 473. The molecule has 1 heterocycles. The van der Waals surface area contributed by atoms with Crippen LogP contribution in [0.2, 0.25) is 0 Å². The first kappa shape index (κ1) is 5.75. The molecule has 0 radical (unpaired) electrons. The van der Waals surface area contributed by atoms with E-state index in [0.29, 0.717) is 5.69 Å². The van der Waals surface area contributed by atoms with Crippen LogP contribution in [0.3, 0.4) is 0 Å². The van der Waals surface area contributed by atoms with Crippen LogP contribution in [0.1, 0.15) is 8.44 Å². The third-order valence-electron chi connectivity index (χ3n) is 1.85. The van der Waals surface area contributed by atoms with Crippen LogP contribution < -0.4 is 0 Å². The van der Waals surface area contributed by atoms with Gasteiger partial charge >= 0.3 is 0 Å². The predicted molar refractivity (Wildman–Crippen MR) is 53.3 cm³/mol. The number of rotatable bonds is 1. The van der Waals surface area contributed by atoms with E-state index in [0.717, 1.165) is 10.9 Å². The molecule has 0 aliphatic carbocycles. The van der Waals surface area contributed by atoms with Gasteiger partial charge < -0.3 is 0 Å². The van der Waals surface area contributed by atoms with E-state index in [9.17, 15) is 0 Å². The van der Waals surface area contributed by atoms with E-state index in [1.807, 2.05) is 31.3 Å². The van der Waals surface area contributed by atoms with Crippen molar-refractivity contribution in [3.63, 3.8) is 0 Å². The summed E-state index contributed by atoms with van der Waals surface area (Å²) < 4.78 is 16.8. The predicted octanol–water partition coefficient (Wildman–Crippen LogP) is 2.47. The Morgan fingerprint density at radius 2 is 2.33 bits per heavy atom. The van der Waals surface area contributed by atoms with Gasteiger partial charge in [0, 0.05) is 20.5 Å². The highest BCUT2D eigenvalue weighted by Crippen LogP contribution is 2.18. The van der Waals surface area contributed by atoms with E-state index in [1.165, 1.54) is 0 Å². The lowest BCUT2D eigenvalue weighted by Gasteiger charge is -1.90. The fraction of sp³-hybridized carbons (Fsp3) is 0.222. The van der Waals surface area contributed by atoms with Crippen LogP contribution >= 0.6 is 15.9 Å². The molecular formula is C9H9BrN2. The number of aryl methyl sites for hydroxylation is 1. The Balaban J connectivity index is 2.80. The molecular weight excluding hydrogens is 216 g/mol. The van der Waals surface area contributed by atoms with Crippen LogP contribution in [0.15, 0.2) is 24.3 Å². The third kappa shape index (κ3) is 1.05. The minimum absolute atomic E-state index is 0.426. The molecule has 0 unspecified atom stereocenters. The second kappa shape index (κ2) is 2.90. The summed E-state index contributed by atoms with van der Waals surface area (Å²) in [5.41, 5.74) is 1.36. The molecule has 0 saturated carbocycles. The van der Waals surface area contributed by atoms with E-state index in [4.69, 9.17) is 2.74 Å². The summed E-state index contributed by atoms with van der Waals surface area (Å²) in [5, 5.41) is 3.42. The molecule has 0 aliphatic heterocycles. The van der Waals surface area contributed by atoms with Gasteiger partial charge in [-0.05, 0) is 6.07 Å². The number of benzene rings is 1. The van der Waals surface area contributed by atoms with Crippen molar-refractivity contribution >= 4 is 26.8 Å². The molecule has 62 valence electrons. The van der Waals surface area contributed by atoms with Gasteiger partial charge in [-0.25, -0.2) is 0 Å². The molecule has 0 bridgehead atoms. The van der Waals surface area contributed by atoms with Crippen molar-refractivity contribution in [3.8, 4) is 0 Å². The number of aromatic nitrogens is 2. The molecule has 3 heteroatoms. The van der Waals surface area contributed by atoms with Crippen molar-refractivity contribution < 1.29 is 2.74 Å². The summed E-state index contributed by atoms with van der Waals surface area (Å²) in [7, 11) is 1.81. The summed E-state index contributed by atoms with van der Waals surface area (Å²) >= 11 is 2.98. The fourth-order valence-electron chi connectivity index (χ4n) is 1.28. The summed E-state index contributed by atoms with van der Waals surface area (Å²) in [4.78, 5) is 0. The van der Waals surface area contributed by atoms with Gasteiger partial charge in [0.2, 0.25) is 0 Å². The molecule has 0 aliphatic rings. The Labute approximate surface area is 82.1 Å². The number of hydrogen-bond donors (Lipinski definition) is 0. The largest absolute Gasteiger partial charge is 0.268 e. The maximum atomic E-state index is 7.58. The zero-order valence-corrected chi connectivity index (χ0v) is 8.17. The molecule has 0 fully saturated rings. The van der Waals surface area contributed by atoms with Crippen molar-refractivity contribution in [2.24, 2.45) is 7.05 Å². The number of fused-ring (bicyclic) bond motifs is 1. The van der Waals surface area contributed by atoms with Crippen LogP contribution in [0, 0.1) is 0 Å². The van der Waals surface area contributed by atoms with Gasteiger partial charge in [0.15, 0.2) is 0 Å². The lowest BCUT2D eigenvalue weighted by Crippen LogP contribution is -1.89. The van der Waals surface area contributed by atoms with Crippen molar-refractivity contribution in [2.75, 3.05) is 0 Å². The maximum absolute atomic E-state index is 7.58. The zero-order valence-electron chi connectivity index (χ0n) is 8.58. The normalized spacial score (nSPS) is 14.5. The molecule has 2 nitrogen and oxygen atoms in total. The van der Waals surface area contributed by atoms with E-state index < -0.39 is 5.28 Å². The van der Waals surface area contributed by atoms with Crippen LogP contribution in [0.25, 0.3) is 10.9 Å². The first-order valence-electron chi connectivity index (χ1n) is 4.61. The minimum atomic E-state index is -1.58. The summed E-state index contributed by atoms with van der Waals surface area (Å²) in [5.74, 6) is 0. The van der Waals surface area contributed by atoms with Crippen LogP contribution in [0.4, 0.5) is 0 Å². The number of alkyl halides is 1. The molecule has 1 aromatic heterocycles. The van der Waals surface area contributed by atoms with Crippen molar-refractivity contribution in [3.05, 3.63) is 30.0 Å². The number of para-hydroxylation sites is 1. The molecule has 2 aromatic rings. The van der Waals surface area contributed by atoms with Gasteiger partial charge in [-0.1, -0.05) is 34.1 Å². The SMILES string of the molecule is [2H]C([2H])(Br)c1nn(C)c2ccccc12. The highest BCUT2D eigenvalue weighted by atomic mass is 79.9. The lowest BCUT2D eigenvalue weighted by atomic mass is 10.2. The van der Waals surface area contributed by atoms with E-state index in [1.54, 1.807) is 4.68 Å². The number of nitrogens with zero attached hydrogens (tertiary/aromatic N) is 2. The Kier molecular flexibility index (Phi) is 1.39. The molecule has 0 spiro atoms. The van der Waals surface area contributed by atoms with Crippen LogP contribution in [-0.4, -0.2) is 9.78 Å². The lowest BCUT2D eigenvalue weighted by molar-refractivity contribution is 0.782. The molecule has 1 aromatic carbocycles. The summed E-state index contributed by atoms with van der Waals surface area (Å²) in [6, 6.07) is 7.59. The standard InChI is InChI=1S/C9H9BrN2/c1-12-9-5-3-2-4-7(9)8(6-10)11-12/h2-5H,6H2,1H3/i6D2. The quantitative estimate of drug-likeness (QED) is 0.684. The average Bonchev–Trinajstić information content (AvgIpc) is 2.44. The molecule has 0 amide bonds.